The number of phosphoric ester groups is 1. The zero-order valence-corrected chi connectivity index (χ0v) is 8.96. The van der Waals surface area contributed by atoms with Gasteiger partial charge < -0.3 is 19.6 Å². The third-order valence-corrected chi connectivity index (χ3v) is 1.30. The number of carbonyl (C=O) groups excluding carboxylic acids is 1. The summed E-state index contributed by atoms with van der Waals surface area (Å²) < 4.78 is 17.9. The van der Waals surface area contributed by atoms with Crippen LogP contribution < -0.4 is 0 Å². The molecule has 0 saturated heterocycles. The van der Waals surface area contributed by atoms with Gasteiger partial charge in [0.2, 0.25) is 0 Å². The monoisotopic (exact) mass is 240 g/mol. The Morgan fingerprint density at radius 1 is 1.53 bits per heavy atom. The Morgan fingerprint density at radius 2 is 2.07 bits per heavy atom. The summed E-state index contributed by atoms with van der Waals surface area (Å²) in [7, 11) is -3.05. The van der Waals surface area contributed by atoms with Crippen LogP contribution in [0.4, 0.5) is 0 Å². The number of methoxy groups -OCH3 is 1. The summed E-state index contributed by atoms with van der Waals surface area (Å²) in [5.74, 6) is -0.394. The molecule has 0 aromatic heterocycles. The Bertz CT molecular complexity index is 254. The van der Waals surface area contributed by atoms with E-state index in [1.165, 1.54) is 7.11 Å². The fourth-order valence-corrected chi connectivity index (χ4v) is 0.547. The molecule has 0 aliphatic carbocycles. The van der Waals surface area contributed by atoms with Crippen molar-refractivity contribution in [2.75, 3.05) is 13.7 Å². The highest BCUT2D eigenvalue weighted by atomic mass is 31.2. The average Bonchev–Trinajstić information content (AvgIpc) is 2.16. The molecule has 0 aromatic carbocycles. The van der Waals surface area contributed by atoms with Crippen molar-refractivity contribution in [3.8, 4) is 0 Å². The second-order valence-electron chi connectivity index (χ2n) is 1.90. The Labute approximate surface area is 86.9 Å². The number of aliphatic hydroxyl groups is 1. The largest absolute Gasteiger partial charge is 0.516 e. The molecule has 7 nitrogen and oxygen atoms in total. The van der Waals surface area contributed by atoms with Crippen LogP contribution in [0.2, 0.25) is 0 Å². The van der Waals surface area contributed by atoms with Gasteiger partial charge in [-0.3, -0.25) is 4.52 Å². The summed E-state index contributed by atoms with van der Waals surface area (Å²) in [5.41, 5.74) is 0. The lowest BCUT2D eigenvalue weighted by Gasteiger charge is -1.99. The molecule has 8 heteroatoms. The quantitative estimate of drug-likeness (QED) is 0.284. The maximum absolute atomic E-state index is 9.86. The van der Waals surface area contributed by atoms with Crippen LogP contribution in [0.1, 0.15) is 0 Å². The smallest absolute Gasteiger partial charge is 0.469 e. The van der Waals surface area contributed by atoms with Crippen LogP contribution in [-0.4, -0.2) is 34.6 Å². The van der Waals surface area contributed by atoms with Gasteiger partial charge in [0.25, 0.3) is 0 Å². The summed E-state index contributed by atoms with van der Waals surface area (Å²) in [4.78, 5) is 25.9. The number of ether oxygens (including phenoxy) is 1. The molecule has 3 N–H and O–H groups in total. The number of aliphatic hydroxyl groups excluding tert-OH is 1. The van der Waals surface area contributed by atoms with Gasteiger partial charge in [-0.25, -0.2) is 9.36 Å². The van der Waals surface area contributed by atoms with Crippen molar-refractivity contribution in [2.45, 2.75) is 0 Å². The van der Waals surface area contributed by atoms with Crippen LogP contribution in [-0.2, 0) is 18.6 Å². The van der Waals surface area contributed by atoms with Gasteiger partial charge in [-0.1, -0.05) is 6.58 Å². The minimum Gasteiger partial charge on any atom is -0.516 e. The first kappa shape index (κ1) is 16.3. The van der Waals surface area contributed by atoms with E-state index in [4.69, 9.17) is 14.9 Å². The number of hydrogen-bond acceptors (Lipinski definition) is 5. The third kappa shape index (κ3) is 19.3. The van der Waals surface area contributed by atoms with Crippen molar-refractivity contribution in [1.29, 1.82) is 0 Å². The van der Waals surface area contributed by atoms with Crippen molar-refractivity contribution in [3.05, 3.63) is 25.0 Å². The van der Waals surface area contributed by atoms with Crippen molar-refractivity contribution in [3.63, 3.8) is 0 Å². The number of phosphoric acid groups is 1. The highest BCUT2D eigenvalue weighted by molar-refractivity contribution is 7.46. The molecule has 0 unspecified atom stereocenters. The predicted molar refractivity (Wildman–Crippen MR) is 52.0 cm³/mol. The van der Waals surface area contributed by atoms with E-state index in [9.17, 15) is 9.36 Å². The Balaban J connectivity index is 0. The zero-order chi connectivity index (χ0) is 12.3. The molecule has 0 rings (SSSR count). The maximum Gasteiger partial charge on any atom is 0.469 e. The van der Waals surface area contributed by atoms with Crippen molar-refractivity contribution < 1.29 is 33.5 Å². The fraction of sp³-hybridized carbons (Fsp3) is 0.286. The third-order valence-electron chi connectivity index (χ3n) is 0.812. The van der Waals surface area contributed by atoms with E-state index < -0.39 is 13.8 Å². The molecular formula is C7H13O7P. The molecule has 0 spiro atoms. The molecule has 0 fully saturated rings. The number of esters is 1. The zero-order valence-electron chi connectivity index (χ0n) is 8.07. The molecule has 0 heterocycles. The van der Waals surface area contributed by atoms with Crippen LogP contribution in [0, 0.1) is 0 Å². The SMILES string of the molecule is C=CC(=O)OC.O=P(O)(O)OCC=CO. The number of hydrogen-bond donors (Lipinski definition) is 3. The van der Waals surface area contributed by atoms with Gasteiger partial charge in [0.05, 0.1) is 20.0 Å². The molecule has 0 aromatic rings. The summed E-state index contributed by atoms with van der Waals surface area (Å²) >= 11 is 0. The Hall–Kier alpha value is -1.14. The topological polar surface area (TPSA) is 113 Å². The van der Waals surface area contributed by atoms with Gasteiger partial charge in [0.15, 0.2) is 0 Å². The van der Waals surface area contributed by atoms with Gasteiger partial charge in [0.1, 0.15) is 0 Å². The molecule has 0 atom stereocenters. The van der Waals surface area contributed by atoms with Gasteiger partial charge in [-0.15, -0.1) is 0 Å². The average molecular weight is 240 g/mol. The molecule has 0 radical (unpaired) electrons. The normalized spacial score (nSPS) is 10.3. The van der Waals surface area contributed by atoms with Crippen LogP contribution in [0.3, 0.4) is 0 Å². The van der Waals surface area contributed by atoms with Crippen molar-refractivity contribution in [1.82, 2.24) is 0 Å². The lowest BCUT2D eigenvalue weighted by molar-refractivity contribution is -0.134. The van der Waals surface area contributed by atoms with E-state index in [0.29, 0.717) is 6.26 Å². The first-order valence-electron chi connectivity index (χ1n) is 3.57. The molecule has 0 aliphatic rings. The number of carbonyl (C=O) groups is 1. The highest BCUT2D eigenvalue weighted by Gasteiger charge is 2.10. The van der Waals surface area contributed by atoms with E-state index >= 15 is 0 Å². The highest BCUT2D eigenvalue weighted by Crippen LogP contribution is 2.35. The van der Waals surface area contributed by atoms with Crippen LogP contribution >= 0.6 is 7.82 Å². The number of rotatable bonds is 4. The second-order valence-corrected chi connectivity index (χ2v) is 3.14. The van der Waals surface area contributed by atoms with Gasteiger partial charge in [-0.2, -0.15) is 0 Å². The van der Waals surface area contributed by atoms with Gasteiger partial charge in [0, 0.05) is 6.08 Å². The molecule has 88 valence electrons. The van der Waals surface area contributed by atoms with E-state index in [0.717, 1.165) is 12.2 Å². The predicted octanol–water partition coefficient (Wildman–Crippen LogP) is 0.513. The minimum atomic E-state index is -4.36. The molecule has 0 bridgehead atoms. The first-order valence-corrected chi connectivity index (χ1v) is 5.10. The molecular weight excluding hydrogens is 227 g/mol. The van der Waals surface area contributed by atoms with E-state index in [1.54, 1.807) is 0 Å². The summed E-state index contributed by atoms with van der Waals surface area (Å²) in [6, 6.07) is 0. The lowest BCUT2D eigenvalue weighted by atomic mass is 10.7. The van der Waals surface area contributed by atoms with Crippen LogP contribution in [0.15, 0.2) is 25.0 Å². The molecule has 15 heavy (non-hydrogen) atoms. The van der Waals surface area contributed by atoms with E-state index in [2.05, 4.69) is 15.8 Å². The summed E-state index contributed by atoms with van der Waals surface area (Å²) in [6.07, 6.45) is 2.83. The summed E-state index contributed by atoms with van der Waals surface area (Å²) in [6.45, 7) is 2.87. The first-order chi connectivity index (χ1) is 6.87. The van der Waals surface area contributed by atoms with Crippen LogP contribution in [0.5, 0.6) is 0 Å². The lowest BCUT2D eigenvalue weighted by Crippen LogP contribution is -1.91. The second kappa shape index (κ2) is 9.42. The maximum atomic E-state index is 9.86. The Kier molecular flexibility index (Phi) is 10.2. The van der Waals surface area contributed by atoms with Crippen molar-refractivity contribution >= 4 is 13.8 Å². The molecule has 0 saturated carbocycles. The minimum absolute atomic E-state index is 0.291. The van der Waals surface area contributed by atoms with Gasteiger partial charge >= 0.3 is 13.8 Å². The fourth-order valence-electron chi connectivity index (χ4n) is 0.266. The molecule has 0 amide bonds. The standard InChI is InChI=1S/C4H6O2.C3H7O5P/c1-3-4(5)6-2;4-2-1-3-8-9(5,6)7/h3H,1H2,2H3;1-2,4H,3H2,(H2,5,6,7). The summed E-state index contributed by atoms with van der Waals surface area (Å²) in [5, 5.41) is 7.95. The molecule has 0 aliphatic heterocycles. The van der Waals surface area contributed by atoms with E-state index in [1.807, 2.05) is 0 Å². The van der Waals surface area contributed by atoms with Crippen LogP contribution in [0.25, 0.3) is 0 Å². The van der Waals surface area contributed by atoms with Crippen molar-refractivity contribution in [2.24, 2.45) is 0 Å². The Morgan fingerprint density at radius 3 is 2.27 bits per heavy atom. The van der Waals surface area contributed by atoms with E-state index in [-0.39, 0.29) is 6.61 Å². The van der Waals surface area contributed by atoms with Gasteiger partial charge in [-0.05, 0) is 6.08 Å².